The van der Waals surface area contributed by atoms with Gasteiger partial charge in [-0.2, -0.15) is 0 Å². The van der Waals surface area contributed by atoms with Crippen molar-refractivity contribution in [1.82, 2.24) is 10.2 Å². The molecule has 5 nitrogen and oxygen atoms in total. The van der Waals surface area contributed by atoms with Gasteiger partial charge in [-0.1, -0.05) is 6.07 Å². The van der Waals surface area contributed by atoms with Crippen LogP contribution in [0.1, 0.15) is 5.56 Å². The Balaban J connectivity index is 1.81. The Labute approximate surface area is 120 Å². The summed E-state index contributed by atoms with van der Waals surface area (Å²) in [5.41, 5.74) is 1.12. The lowest BCUT2D eigenvalue weighted by Gasteiger charge is -2.29. The van der Waals surface area contributed by atoms with E-state index < -0.39 is 6.10 Å². The molecule has 1 aromatic carbocycles. The summed E-state index contributed by atoms with van der Waals surface area (Å²) in [5.74, 6) is 1.39. The van der Waals surface area contributed by atoms with Crippen LogP contribution in [-0.2, 0) is 0 Å². The molecule has 1 aliphatic rings. The fourth-order valence-electron chi connectivity index (χ4n) is 2.32. The molecule has 1 fully saturated rings. The number of aliphatic hydroxyl groups is 1. The number of hydrogen-bond donors (Lipinski definition) is 2. The Bertz CT molecular complexity index is 420. The first-order valence-corrected chi connectivity index (χ1v) is 7.07. The minimum absolute atomic E-state index is 0.281. The normalized spacial score (nSPS) is 17.8. The van der Waals surface area contributed by atoms with Gasteiger partial charge in [-0.25, -0.2) is 0 Å². The van der Waals surface area contributed by atoms with Gasteiger partial charge in [0, 0.05) is 32.7 Å². The predicted octanol–water partition coefficient (Wildman–Crippen LogP) is 0.649. The second-order valence-corrected chi connectivity index (χ2v) is 5.17. The van der Waals surface area contributed by atoms with Crippen LogP contribution in [0.3, 0.4) is 0 Å². The summed E-state index contributed by atoms with van der Waals surface area (Å²) in [5, 5.41) is 13.3. The molecule has 2 rings (SSSR count). The number of nitrogens with one attached hydrogen (secondary N) is 1. The van der Waals surface area contributed by atoms with E-state index in [2.05, 4.69) is 10.2 Å². The molecule has 1 aliphatic heterocycles. The topological polar surface area (TPSA) is 54.0 Å². The number of β-amino-alcohol motifs (C(OH)–C–C–N with tert-alkyl or cyclic N) is 1. The molecule has 1 unspecified atom stereocenters. The SMILES string of the molecule is COc1cc(C)ccc1OCC(O)CN1CCNCC1. The molecule has 2 N–H and O–H groups in total. The van der Waals surface area contributed by atoms with Crippen LogP contribution in [0.15, 0.2) is 18.2 Å². The van der Waals surface area contributed by atoms with Crippen LogP contribution in [0.25, 0.3) is 0 Å². The molecule has 5 heteroatoms. The van der Waals surface area contributed by atoms with E-state index in [9.17, 15) is 5.11 Å². The molecule has 1 aromatic rings. The molecule has 1 atom stereocenters. The van der Waals surface area contributed by atoms with E-state index in [4.69, 9.17) is 9.47 Å². The zero-order valence-corrected chi connectivity index (χ0v) is 12.3. The van der Waals surface area contributed by atoms with Crippen molar-refractivity contribution in [2.45, 2.75) is 13.0 Å². The lowest BCUT2D eigenvalue weighted by molar-refractivity contribution is 0.0632. The maximum absolute atomic E-state index is 10.1. The number of nitrogens with zero attached hydrogens (tertiary/aromatic N) is 1. The van der Waals surface area contributed by atoms with Crippen molar-refractivity contribution in [3.05, 3.63) is 23.8 Å². The fraction of sp³-hybridized carbons (Fsp3) is 0.600. The van der Waals surface area contributed by atoms with Gasteiger partial charge in [0.1, 0.15) is 12.7 Å². The van der Waals surface area contributed by atoms with E-state index >= 15 is 0 Å². The number of hydrogen-bond acceptors (Lipinski definition) is 5. The number of methoxy groups -OCH3 is 1. The van der Waals surface area contributed by atoms with Gasteiger partial charge in [0.05, 0.1) is 7.11 Å². The van der Waals surface area contributed by atoms with Crippen molar-refractivity contribution in [2.24, 2.45) is 0 Å². The predicted molar refractivity (Wildman–Crippen MR) is 78.5 cm³/mol. The smallest absolute Gasteiger partial charge is 0.161 e. The second kappa shape index (κ2) is 7.47. The molecule has 0 saturated carbocycles. The molecule has 0 aromatic heterocycles. The van der Waals surface area contributed by atoms with Crippen LogP contribution < -0.4 is 14.8 Å². The number of aryl methyl sites for hydroxylation is 1. The molecule has 0 bridgehead atoms. The monoisotopic (exact) mass is 280 g/mol. The van der Waals surface area contributed by atoms with Crippen molar-refractivity contribution in [3.63, 3.8) is 0 Å². The second-order valence-electron chi connectivity index (χ2n) is 5.17. The van der Waals surface area contributed by atoms with Crippen molar-refractivity contribution in [1.29, 1.82) is 0 Å². The van der Waals surface area contributed by atoms with Gasteiger partial charge in [-0.15, -0.1) is 0 Å². The highest BCUT2D eigenvalue weighted by Gasteiger charge is 2.15. The Hall–Kier alpha value is -1.30. The van der Waals surface area contributed by atoms with Crippen LogP contribution in [0.4, 0.5) is 0 Å². The Morgan fingerprint density at radius 3 is 2.75 bits per heavy atom. The first-order valence-electron chi connectivity index (χ1n) is 7.07. The van der Waals surface area contributed by atoms with Gasteiger partial charge in [-0.3, -0.25) is 4.90 Å². The summed E-state index contributed by atoms with van der Waals surface area (Å²) in [6.07, 6.45) is -0.487. The molecular formula is C15H24N2O3. The summed E-state index contributed by atoms with van der Waals surface area (Å²) >= 11 is 0. The Morgan fingerprint density at radius 1 is 1.30 bits per heavy atom. The fourth-order valence-corrected chi connectivity index (χ4v) is 2.32. The molecule has 1 heterocycles. The first-order chi connectivity index (χ1) is 9.69. The van der Waals surface area contributed by atoms with Crippen molar-refractivity contribution >= 4 is 0 Å². The van der Waals surface area contributed by atoms with Crippen molar-refractivity contribution < 1.29 is 14.6 Å². The standard InChI is InChI=1S/C15H24N2O3/c1-12-3-4-14(15(9-12)19-2)20-11-13(18)10-17-7-5-16-6-8-17/h3-4,9,13,16,18H,5-8,10-11H2,1-2H3. The van der Waals surface area contributed by atoms with Crippen molar-refractivity contribution in [2.75, 3.05) is 46.4 Å². The van der Waals surface area contributed by atoms with E-state index in [0.29, 0.717) is 18.0 Å². The molecular weight excluding hydrogens is 256 g/mol. The van der Waals surface area contributed by atoms with Gasteiger partial charge in [0.25, 0.3) is 0 Å². The van der Waals surface area contributed by atoms with E-state index in [1.165, 1.54) is 0 Å². The molecule has 112 valence electrons. The van der Waals surface area contributed by atoms with Gasteiger partial charge < -0.3 is 19.9 Å². The van der Waals surface area contributed by atoms with Crippen LogP contribution in [0.2, 0.25) is 0 Å². The van der Waals surface area contributed by atoms with Crippen LogP contribution >= 0.6 is 0 Å². The van der Waals surface area contributed by atoms with Crippen molar-refractivity contribution in [3.8, 4) is 11.5 Å². The molecule has 1 saturated heterocycles. The minimum atomic E-state index is -0.487. The van der Waals surface area contributed by atoms with E-state index in [-0.39, 0.29) is 6.61 Å². The lowest BCUT2D eigenvalue weighted by Crippen LogP contribution is -2.47. The van der Waals surface area contributed by atoms with Crippen LogP contribution in [-0.4, -0.2) is 62.6 Å². The maximum Gasteiger partial charge on any atom is 0.161 e. The lowest BCUT2D eigenvalue weighted by atomic mass is 10.2. The van der Waals surface area contributed by atoms with E-state index in [1.54, 1.807) is 7.11 Å². The summed E-state index contributed by atoms with van der Waals surface area (Å²) < 4.78 is 11.0. The Kier molecular flexibility index (Phi) is 5.64. The van der Waals surface area contributed by atoms with Gasteiger partial charge in [0.2, 0.25) is 0 Å². The molecule has 20 heavy (non-hydrogen) atoms. The highest BCUT2D eigenvalue weighted by atomic mass is 16.5. The minimum Gasteiger partial charge on any atom is -0.493 e. The zero-order chi connectivity index (χ0) is 14.4. The quantitative estimate of drug-likeness (QED) is 0.801. The summed E-state index contributed by atoms with van der Waals surface area (Å²) in [4.78, 5) is 2.25. The third-order valence-electron chi connectivity index (χ3n) is 3.43. The van der Waals surface area contributed by atoms with Gasteiger partial charge in [-0.05, 0) is 24.6 Å². The number of piperazine rings is 1. The maximum atomic E-state index is 10.1. The summed E-state index contributed by atoms with van der Waals surface area (Å²) in [6, 6.07) is 5.78. The van der Waals surface area contributed by atoms with E-state index in [0.717, 1.165) is 31.7 Å². The number of benzene rings is 1. The third-order valence-corrected chi connectivity index (χ3v) is 3.43. The highest BCUT2D eigenvalue weighted by Crippen LogP contribution is 2.27. The molecule has 0 spiro atoms. The number of aliphatic hydroxyl groups excluding tert-OH is 1. The molecule has 0 amide bonds. The average molecular weight is 280 g/mol. The van der Waals surface area contributed by atoms with Gasteiger partial charge >= 0.3 is 0 Å². The molecule has 0 aliphatic carbocycles. The summed E-state index contributed by atoms with van der Waals surface area (Å²) in [7, 11) is 1.62. The van der Waals surface area contributed by atoms with Gasteiger partial charge in [0.15, 0.2) is 11.5 Å². The zero-order valence-electron chi connectivity index (χ0n) is 12.3. The highest BCUT2D eigenvalue weighted by molar-refractivity contribution is 5.42. The number of ether oxygens (including phenoxy) is 2. The number of rotatable bonds is 6. The summed E-state index contributed by atoms with van der Waals surface area (Å²) in [6.45, 7) is 6.86. The third kappa shape index (κ3) is 4.37. The average Bonchev–Trinajstić information content (AvgIpc) is 2.47. The largest absolute Gasteiger partial charge is 0.493 e. The first kappa shape index (κ1) is 15.1. The van der Waals surface area contributed by atoms with Crippen LogP contribution in [0.5, 0.6) is 11.5 Å². The Morgan fingerprint density at radius 2 is 2.05 bits per heavy atom. The van der Waals surface area contributed by atoms with E-state index in [1.807, 2.05) is 25.1 Å². The van der Waals surface area contributed by atoms with Crippen LogP contribution in [0, 0.1) is 6.92 Å². The molecule has 0 radical (unpaired) electrons.